The Balaban J connectivity index is 1.83. The van der Waals surface area contributed by atoms with Gasteiger partial charge in [0.2, 0.25) is 19.5 Å². The first-order valence-electron chi connectivity index (χ1n) is 8.84. The molecule has 1 aliphatic rings. The lowest BCUT2D eigenvalue weighted by Crippen LogP contribution is -2.41. The maximum atomic E-state index is 12.3. The summed E-state index contributed by atoms with van der Waals surface area (Å²) in [4.78, 5) is 36.1. The summed E-state index contributed by atoms with van der Waals surface area (Å²) < 4.78 is 20.4. The minimum Gasteiger partial charge on any atom is -0.454 e. The smallest absolute Gasteiger partial charge is 0.412 e. The number of carbonyl (C=O) groups excluding carboxylic acids is 3. The zero-order chi connectivity index (χ0) is 20.7. The van der Waals surface area contributed by atoms with Gasteiger partial charge in [-0.25, -0.2) is 4.79 Å². The molecular formula is C18H25N3O7. The van der Waals surface area contributed by atoms with Crippen LogP contribution in [0.15, 0.2) is 18.2 Å². The predicted octanol–water partition coefficient (Wildman–Crippen LogP) is 0.508. The Kier molecular flexibility index (Phi) is 7.44. The zero-order valence-corrected chi connectivity index (χ0v) is 15.9. The average molecular weight is 395 g/mol. The van der Waals surface area contributed by atoms with Crippen molar-refractivity contribution in [2.45, 2.75) is 38.8 Å². The molecule has 0 saturated heterocycles. The maximum absolute atomic E-state index is 12.3. The third kappa shape index (κ3) is 5.74. The normalized spacial score (nSPS) is 14.1. The fourth-order valence-electron chi connectivity index (χ4n) is 2.77. The van der Waals surface area contributed by atoms with E-state index in [1.54, 1.807) is 0 Å². The average Bonchev–Trinajstić information content (AvgIpc) is 3.09. The molecule has 0 saturated carbocycles. The Bertz CT molecular complexity index is 725. The summed E-state index contributed by atoms with van der Waals surface area (Å²) in [7, 11) is 0. The number of carbonyl (C=O) groups is 3. The highest BCUT2D eigenvalue weighted by molar-refractivity contribution is 5.84. The summed E-state index contributed by atoms with van der Waals surface area (Å²) in [6, 6.07) is 4.24. The predicted molar refractivity (Wildman–Crippen MR) is 97.3 cm³/mol. The second-order valence-corrected chi connectivity index (χ2v) is 6.30. The van der Waals surface area contributed by atoms with E-state index in [-0.39, 0.29) is 19.3 Å². The number of hydrogen-bond donors (Lipinski definition) is 2. The number of benzene rings is 1. The summed E-state index contributed by atoms with van der Waals surface area (Å²) in [6.07, 6.45) is -0.407. The number of hydrogen-bond acceptors (Lipinski definition) is 8. The molecule has 1 aromatic carbocycles. The van der Waals surface area contributed by atoms with Crippen LogP contribution in [0, 0.1) is 0 Å². The molecule has 4 N–H and O–H groups in total. The van der Waals surface area contributed by atoms with Crippen molar-refractivity contribution in [1.29, 1.82) is 0 Å². The van der Waals surface area contributed by atoms with Crippen LogP contribution in [0.2, 0.25) is 0 Å². The van der Waals surface area contributed by atoms with Crippen LogP contribution in [0.1, 0.15) is 25.8 Å². The summed E-state index contributed by atoms with van der Waals surface area (Å²) >= 11 is 0. The quantitative estimate of drug-likeness (QED) is 0.455. The van der Waals surface area contributed by atoms with E-state index in [4.69, 9.17) is 30.4 Å². The highest BCUT2D eigenvalue weighted by atomic mass is 16.7. The summed E-state index contributed by atoms with van der Waals surface area (Å²) in [5.74, 6) is -0.229. The zero-order valence-electron chi connectivity index (χ0n) is 15.9. The molecule has 28 heavy (non-hydrogen) atoms. The second-order valence-electron chi connectivity index (χ2n) is 6.30. The molecule has 2 unspecified atom stereocenters. The fourth-order valence-corrected chi connectivity index (χ4v) is 2.77. The minimum atomic E-state index is -1.19. The number of nitrogens with two attached hydrogens (primary N) is 2. The van der Waals surface area contributed by atoms with Crippen molar-refractivity contribution in [3.63, 3.8) is 0 Å². The van der Waals surface area contributed by atoms with Gasteiger partial charge in [0.15, 0.2) is 11.5 Å². The number of ether oxygens (including phenoxy) is 4. The van der Waals surface area contributed by atoms with E-state index in [9.17, 15) is 14.4 Å². The van der Waals surface area contributed by atoms with Gasteiger partial charge in [-0.2, -0.15) is 0 Å². The van der Waals surface area contributed by atoms with E-state index in [0.717, 1.165) is 5.56 Å². The van der Waals surface area contributed by atoms with Crippen molar-refractivity contribution < 1.29 is 33.3 Å². The topological polar surface area (TPSA) is 143 Å². The van der Waals surface area contributed by atoms with Crippen LogP contribution >= 0.6 is 0 Å². The van der Waals surface area contributed by atoms with Gasteiger partial charge in [-0.05, 0) is 38.0 Å². The summed E-state index contributed by atoms with van der Waals surface area (Å²) in [5, 5.41) is 0. The van der Waals surface area contributed by atoms with E-state index in [0.29, 0.717) is 24.5 Å². The van der Waals surface area contributed by atoms with Crippen molar-refractivity contribution in [1.82, 2.24) is 4.90 Å². The summed E-state index contributed by atoms with van der Waals surface area (Å²) in [5.41, 5.74) is 11.4. The van der Waals surface area contributed by atoms with Crippen LogP contribution in [0.5, 0.6) is 11.5 Å². The molecule has 0 bridgehead atoms. The number of rotatable bonds is 9. The van der Waals surface area contributed by atoms with E-state index in [1.165, 1.54) is 4.90 Å². The van der Waals surface area contributed by atoms with Crippen molar-refractivity contribution >= 4 is 18.0 Å². The highest BCUT2D eigenvalue weighted by Gasteiger charge is 2.23. The van der Waals surface area contributed by atoms with Crippen LogP contribution < -0.4 is 20.9 Å². The van der Waals surface area contributed by atoms with Crippen molar-refractivity contribution in [2.24, 2.45) is 11.5 Å². The fraction of sp³-hybridized carbons (Fsp3) is 0.500. The van der Waals surface area contributed by atoms with Gasteiger partial charge in [-0.3, -0.25) is 9.59 Å². The third-order valence-corrected chi connectivity index (χ3v) is 4.18. The molecule has 0 aromatic heterocycles. The van der Waals surface area contributed by atoms with Crippen LogP contribution in [-0.4, -0.2) is 55.1 Å². The van der Waals surface area contributed by atoms with E-state index >= 15 is 0 Å². The number of likely N-dealkylation sites (N-methyl/N-ethyl adjacent to an activating group) is 1. The molecule has 10 nitrogen and oxygen atoms in total. The molecule has 1 aromatic rings. The molecule has 2 amide bonds. The first-order chi connectivity index (χ1) is 13.3. The number of esters is 1. The molecule has 2 rings (SSSR count). The Morgan fingerprint density at radius 2 is 1.93 bits per heavy atom. The first-order valence-corrected chi connectivity index (χ1v) is 8.84. The lowest BCUT2D eigenvalue weighted by molar-refractivity contribution is -0.155. The molecule has 0 radical (unpaired) electrons. The van der Waals surface area contributed by atoms with Crippen molar-refractivity contribution in [3.05, 3.63) is 23.8 Å². The van der Waals surface area contributed by atoms with Crippen molar-refractivity contribution in [2.75, 3.05) is 20.1 Å². The Morgan fingerprint density at radius 1 is 1.21 bits per heavy atom. The van der Waals surface area contributed by atoms with E-state index in [2.05, 4.69) is 0 Å². The molecule has 0 aliphatic carbocycles. The van der Waals surface area contributed by atoms with Gasteiger partial charge in [-0.15, -0.1) is 0 Å². The monoisotopic (exact) mass is 395 g/mol. The number of primary amides is 1. The Labute approximate surface area is 162 Å². The molecule has 2 atom stereocenters. The largest absolute Gasteiger partial charge is 0.454 e. The first kappa shape index (κ1) is 21.3. The lowest BCUT2D eigenvalue weighted by Gasteiger charge is -2.27. The molecule has 1 heterocycles. The van der Waals surface area contributed by atoms with E-state index in [1.807, 2.05) is 32.0 Å². The van der Waals surface area contributed by atoms with Gasteiger partial charge >= 0.3 is 12.1 Å². The number of nitrogens with zero attached hydrogens (tertiary/aromatic N) is 1. The number of amides is 2. The lowest BCUT2D eigenvalue weighted by atomic mass is 10.1. The summed E-state index contributed by atoms with van der Waals surface area (Å²) in [6.45, 7) is 3.69. The molecule has 154 valence electrons. The van der Waals surface area contributed by atoms with Crippen LogP contribution in [0.3, 0.4) is 0 Å². The van der Waals surface area contributed by atoms with Crippen LogP contribution in [-0.2, 0) is 25.5 Å². The van der Waals surface area contributed by atoms with Gasteiger partial charge in [0.1, 0.15) is 6.04 Å². The van der Waals surface area contributed by atoms with Crippen molar-refractivity contribution in [3.8, 4) is 11.5 Å². The Morgan fingerprint density at radius 3 is 2.61 bits per heavy atom. The van der Waals surface area contributed by atoms with Gasteiger partial charge < -0.3 is 35.3 Å². The third-order valence-electron chi connectivity index (χ3n) is 4.18. The highest BCUT2D eigenvalue weighted by Crippen LogP contribution is 2.33. The molecule has 10 heteroatoms. The molecule has 1 aliphatic heterocycles. The van der Waals surface area contributed by atoms with Gasteiger partial charge in [0, 0.05) is 12.6 Å². The van der Waals surface area contributed by atoms with Gasteiger partial charge in [-0.1, -0.05) is 6.07 Å². The second kappa shape index (κ2) is 9.79. The molecular weight excluding hydrogens is 370 g/mol. The maximum Gasteiger partial charge on any atom is 0.412 e. The van der Waals surface area contributed by atoms with Gasteiger partial charge in [0.05, 0.1) is 6.42 Å². The molecule has 0 fully saturated rings. The SMILES string of the molecule is CCN(C(=O)OCOC(=O)C(N)CC(N)=O)C(C)Cc1ccc2c(c1)OCO2. The van der Waals surface area contributed by atoms with Gasteiger partial charge in [0.25, 0.3) is 0 Å². The number of fused-ring (bicyclic) bond motifs is 1. The van der Waals surface area contributed by atoms with Crippen LogP contribution in [0.4, 0.5) is 4.79 Å². The molecule has 0 spiro atoms. The van der Waals surface area contributed by atoms with Crippen LogP contribution in [0.25, 0.3) is 0 Å². The Hall–Kier alpha value is -3.01. The van der Waals surface area contributed by atoms with E-state index < -0.39 is 30.8 Å². The standard InChI is InChI=1S/C18H25N3O7/c1-3-21(18(24)28-10-27-17(23)13(19)8-16(20)22)11(2)6-12-4-5-14-15(7-12)26-9-25-14/h4-5,7,11,13H,3,6,8-10,19H2,1-2H3,(H2,20,22). The minimum absolute atomic E-state index is 0.175.